The summed E-state index contributed by atoms with van der Waals surface area (Å²) in [6, 6.07) is 22.0. The normalized spacial score (nSPS) is 24.2. The third kappa shape index (κ3) is 11.7. The van der Waals surface area contributed by atoms with Gasteiger partial charge in [-0.2, -0.15) is 5.26 Å². The first kappa shape index (κ1) is 46.6. The van der Waals surface area contributed by atoms with Crippen LogP contribution in [-0.4, -0.2) is 58.2 Å². The number of nitriles is 1. The number of ketones is 1. The van der Waals surface area contributed by atoms with Gasteiger partial charge in [0.15, 0.2) is 5.78 Å². The van der Waals surface area contributed by atoms with E-state index in [0.29, 0.717) is 73.6 Å². The van der Waals surface area contributed by atoms with Crippen molar-refractivity contribution >= 4 is 58.6 Å². The fourth-order valence-corrected chi connectivity index (χ4v) is 9.32. The van der Waals surface area contributed by atoms with Crippen molar-refractivity contribution < 1.29 is 33.4 Å². The average Bonchev–Trinajstić information content (AvgIpc) is 3.71. The van der Waals surface area contributed by atoms with Crippen LogP contribution in [0.4, 0.5) is 5.82 Å². The summed E-state index contributed by atoms with van der Waals surface area (Å²) in [6.07, 6.45) is 5.91. The zero-order valence-electron chi connectivity index (χ0n) is 35.5. The third-order valence-electron chi connectivity index (χ3n) is 11.7. The Kier molecular flexibility index (Phi) is 16.0. The van der Waals surface area contributed by atoms with Gasteiger partial charge in [0, 0.05) is 27.4 Å². The second-order valence-electron chi connectivity index (χ2n) is 16.9. The summed E-state index contributed by atoms with van der Waals surface area (Å²) in [4.78, 5) is 64.5. The number of carbonyl (C=O) groups is 5. The molecule has 3 aromatic carbocycles. The number of nitrogen functional groups attached to an aromatic ring is 1. The van der Waals surface area contributed by atoms with E-state index in [9.17, 15) is 24.0 Å². The molecule has 1 aliphatic heterocycles. The lowest BCUT2D eigenvalue weighted by atomic mass is 9.75. The van der Waals surface area contributed by atoms with Crippen molar-refractivity contribution in [1.82, 2.24) is 9.88 Å². The Labute approximate surface area is 367 Å². The number of carbonyl (C=O) groups excluding carboxylic acids is 5. The number of aromatic amines is 1. The fraction of sp³-hybridized carbons (Fsp3) is 0.417. The first-order chi connectivity index (χ1) is 29.0. The van der Waals surface area contributed by atoms with Crippen molar-refractivity contribution in [2.75, 3.05) is 12.3 Å². The lowest BCUT2D eigenvalue weighted by molar-refractivity contribution is -0.156. The van der Waals surface area contributed by atoms with Crippen molar-refractivity contribution in [1.29, 1.82) is 5.26 Å². The summed E-state index contributed by atoms with van der Waals surface area (Å²) < 4.78 is 11.3. The van der Waals surface area contributed by atoms with E-state index in [-0.39, 0.29) is 42.9 Å². The molecule has 4 atom stereocenters. The van der Waals surface area contributed by atoms with Crippen molar-refractivity contribution in [2.24, 2.45) is 35.5 Å². The van der Waals surface area contributed by atoms with Crippen LogP contribution in [0.25, 0.3) is 11.1 Å². The minimum atomic E-state index is -0.432. The Morgan fingerprint density at radius 3 is 1.66 bits per heavy atom. The number of nitrogens with one attached hydrogen (secondary N) is 1. The molecule has 2 aliphatic carbocycles. The van der Waals surface area contributed by atoms with Gasteiger partial charge in [-0.05, 0) is 115 Å². The highest BCUT2D eigenvalue weighted by atomic mass is 35.5. The van der Waals surface area contributed by atoms with E-state index in [0.717, 1.165) is 41.7 Å². The number of hydrogen-bond acceptors (Lipinski definition) is 9. The molecule has 0 radical (unpaired) electrons. The van der Waals surface area contributed by atoms with E-state index < -0.39 is 11.8 Å². The standard InChI is InChI=1S/C20H25ClN2O2.C16H10ClNO3.C12H19NO2/c1-11-8-12(2)18(13(3)9-11)25-20(24)17-16(10-23-19(17)22)14-4-6-15(21)7-5-14;17-11-7-5-10(6-8-11)14(19)9-18-15(20)12-3-1-2-4-13(12)16(18)21;1-8-6-9(2)12(10(3)7-8)15-11(14)4-5-13/h4-7,10-13,18,23H,8-9,22H2,1-3H3;1-8H,9H2;8-10,12H,4,6-7H2,1-3H3. The van der Waals surface area contributed by atoms with Crippen LogP contribution < -0.4 is 5.73 Å². The summed E-state index contributed by atoms with van der Waals surface area (Å²) in [5.74, 6) is 1.32. The smallest absolute Gasteiger partial charge is 0.342 e. The van der Waals surface area contributed by atoms with Gasteiger partial charge in [-0.1, -0.05) is 89.0 Å². The summed E-state index contributed by atoms with van der Waals surface area (Å²) >= 11 is 11.7. The van der Waals surface area contributed by atoms with Gasteiger partial charge in [0.2, 0.25) is 0 Å². The molecular formula is C48H54Cl2N4O7. The van der Waals surface area contributed by atoms with Crippen LogP contribution in [0, 0.1) is 46.8 Å². The number of imide groups is 1. The molecule has 0 spiro atoms. The van der Waals surface area contributed by atoms with Gasteiger partial charge in [0.1, 0.15) is 30.0 Å². The van der Waals surface area contributed by atoms with Gasteiger partial charge in [-0.25, -0.2) is 4.79 Å². The van der Waals surface area contributed by atoms with E-state index >= 15 is 0 Å². The number of rotatable bonds is 8. The van der Waals surface area contributed by atoms with Crippen molar-refractivity contribution in [3.63, 3.8) is 0 Å². The van der Waals surface area contributed by atoms with Crippen LogP contribution >= 0.6 is 23.2 Å². The average molecular weight is 870 g/mol. The maximum absolute atomic E-state index is 12.9. The van der Waals surface area contributed by atoms with E-state index in [1.54, 1.807) is 66.9 Å². The second kappa shape index (κ2) is 20.9. The zero-order chi connectivity index (χ0) is 44.5. The minimum absolute atomic E-state index is 0.00190. The highest BCUT2D eigenvalue weighted by Crippen LogP contribution is 2.38. The molecule has 2 heterocycles. The number of H-pyrrole nitrogens is 1. The van der Waals surface area contributed by atoms with Crippen molar-refractivity contribution in [3.8, 4) is 17.2 Å². The molecule has 7 rings (SSSR count). The van der Waals surface area contributed by atoms with E-state index in [1.165, 1.54) is 0 Å². The summed E-state index contributed by atoms with van der Waals surface area (Å²) in [6.45, 7) is 12.8. The Bertz CT molecular complexity index is 2190. The van der Waals surface area contributed by atoms with Gasteiger partial charge < -0.3 is 20.2 Å². The second-order valence-corrected chi connectivity index (χ2v) is 17.8. The van der Waals surface area contributed by atoms with E-state index in [4.69, 9.17) is 43.7 Å². The van der Waals surface area contributed by atoms with Gasteiger partial charge in [0.05, 0.1) is 23.7 Å². The molecule has 3 N–H and O–H groups in total. The molecule has 2 fully saturated rings. The Morgan fingerprint density at radius 2 is 1.18 bits per heavy atom. The van der Waals surface area contributed by atoms with Crippen LogP contribution in [0.5, 0.6) is 0 Å². The SMILES string of the molecule is CC1CC(C)C(OC(=O)CC#N)C(C)C1.CC1CC(C)C(OC(=O)c2c(-c3ccc(Cl)cc3)c[nH]c2N)C(C)C1.O=C(CN1C(=O)c2ccccc2C1=O)c1ccc(Cl)cc1. The number of Topliss-reactive ketones (excluding diaryl/α,β-unsaturated/α-hetero) is 1. The predicted octanol–water partition coefficient (Wildman–Crippen LogP) is 10.5. The highest BCUT2D eigenvalue weighted by Gasteiger charge is 2.37. The molecule has 0 bridgehead atoms. The molecule has 2 amide bonds. The number of hydrogen-bond donors (Lipinski definition) is 2. The number of ether oxygens (including phenoxy) is 2. The molecule has 1 aromatic heterocycles. The monoisotopic (exact) mass is 868 g/mol. The molecule has 0 saturated heterocycles. The highest BCUT2D eigenvalue weighted by molar-refractivity contribution is 6.31. The van der Waals surface area contributed by atoms with Crippen molar-refractivity contribution in [3.05, 3.63) is 111 Å². The van der Waals surface area contributed by atoms with Crippen molar-refractivity contribution in [2.45, 2.75) is 85.9 Å². The Hall–Kier alpha value is -5.44. The van der Waals surface area contributed by atoms with Crippen LogP contribution in [0.1, 0.15) is 115 Å². The fourth-order valence-electron chi connectivity index (χ4n) is 9.06. The molecule has 11 nitrogen and oxygen atoms in total. The molecule has 2 saturated carbocycles. The number of esters is 2. The van der Waals surface area contributed by atoms with Crippen LogP contribution in [-0.2, 0) is 14.3 Å². The molecule has 61 heavy (non-hydrogen) atoms. The largest absolute Gasteiger partial charge is 0.461 e. The van der Waals surface area contributed by atoms with Gasteiger partial charge in [-0.3, -0.25) is 24.1 Å². The summed E-state index contributed by atoms with van der Waals surface area (Å²) in [5.41, 5.74) is 9.14. The molecule has 4 unspecified atom stereocenters. The number of amides is 2. The van der Waals surface area contributed by atoms with Crippen LogP contribution in [0.2, 0.25) is 10.0 Å². The van der Waals surface area contributed by atoms with Crippen LogP contribution in [0.3, 0.4) is 0 Å². The lowest BCUT2D eigenvalue weighted by Crippen LogP contribution is -2.37. The zero-order valence-corrected chi connectivity index (χ0v) is 37.0. The maximum Gasteiger partial charge on any atom is 0.342 e. The Balaban J connectivity index is 0.000000179. The first-order valence-corrected chi connectivity index (χ1v) is 21.5. The molecule has 3 aliphatic rings. The van der Waals surface area contributed by atoms with Gasteiger partial charge >= 0.3 is 11.9 Å². The summed E-state index contributed by atoms with van der Waals surface area (Å²) in [7, 11) is 0. The molecule has 322 valence electrons. The predicted molar refractivity (Wildman–Crippen MR) is 236 cm³/mol. The van der Waals surface area contributed by atoms with Crippen LogP contribution in [0.15, 0.2) is 79.0 Å². The first-order valence-electron chi connectivity index (χ1n) is 20.7. The number of nitrogens with two attached hydrogens (primary N) is 1. The number of halogens is 2. The lowest BCUT2D eigenvalue weighted by Gasteiger charge is -2.37. The maximum atomic E-state index is 12.9. The molecule has 13 heteroatoms. The number of fused-ring (bicyclic) bond motifs is 1. The number of benzene rings is 3. The van der Waals surface area contributed by atoms with E-state index in [1.807, 2.05) is 18.2 Å². The number of nitrogens with zero attached hydrogens (tertiary/aromatic N) is 2. The topological polar surface area (TPSA) is 173 Å². The number of anilines is 1. The summed E-state index contributed by atoms with van der Waals surface area (Å²) in [5, 5.41) is 9.56. The van der Waals surface area contributed by atoms with Gasteiger partial charge in [0.25, 0.3) is 11.8 Å². The molecule has 4 aromatic rings. The Morgan fingerprint density at radius 1 is 0.721 bits per heavy atom. The van der Waals surface area contributed by atoms with Gasteiger partial charge in [-0.15, -0.1) is 0 Å². The number of aromatic nitrogens is 1. The third-order valence-corrected chi connectivity index (χ3v) is 12.2. The van der Waals surface area contributed by atoms with E-state index in [2.05, 4.69) is 46.5 Å². The minimum Gasteiger partial charge on any atom is -0.461 e. The quantitative estimate of drug-likeness (QED) is 0.0993. The molecular weight excluding hydrogens is 815 g/mol.